The molecule has 1 fully saturated rings. The van der Waals surface area contributed by atoms with Gasteiger partial charge in [0.2, 0.25) is 5.91 Å². The van der Waals surface area contributed by atoms with Crippen molar-refractivity contribution in [3.8, 4) is 0 Å². The van der Waals surface area contributed by atoms with Crippen molar-refractivity contribution in [3.63, 3.8) is 0 Å². The Balaban J connectivity index is 2.14. The van der Waals surface area contributed by atoms with Gasteiger partial charge in [-0.05, 0) is 25.0 Å². The summed E-state index contributed by atoms with van der Waals surface area (Å²) in [5.41, 5.74) is 1.63. The summed E-state index contributed by atoms with van der Waals surface area (Å²) in [5, 5.41) is 12.0. The van der Waals surface area contributed by atoms with Gasteiger partial charge in [-0.25, -0.2) is 0 Å². The summed E-state index contributed by atoms with van der Waals surface area (Å²) in [5.74, 6) is -2.04. The molecule has 1 aromatic carbocycles. The van der Waals surface area contributed by atoms with Crippen LogP contribution in [0.4, 0.5) is 11.4 Å². The number of para-hydroxylation sites is 2. The van der Waals surface area contributed by atoms with Gasteiger partial charge in [-0.3, -0.25) is 9.59 Å². The number of carbonyl (C=O) groups excluding carboxylic acids is 1. The largest absolute Gasteiger partial charge is 0.481 e. The Morgan fingerprint density at radius 1 is 1.20 bits per heavy atom. The molecule has 1 amide bonds. The van der Waals surface area contributed by atoms with Crippen LogP contribution in [0.2, 0.25) is 0 Å². The molecule has 1 saturated carbocycles. The van der Waals surface area contributed by atoms with Crippen LogP contribution in [0.5, 0.6) is 0 Å². The number of benzene rings is 1. The Hall–Kier alpha value is -2.04. The van der Waals surface area contributed by atoms with Crippen molar-refractivity contribution in [2.75, 3.05) is 24.3 Å². The van der Waals surface area contributed by atoms with Crippen molar-refractivity contribution in [2.45, 2.75) is 19.3 Å². The van der Waals surface area contributed by atoms with E-state index in [2.05, 4.69) is 5.32 Å². The second-order valence-electron chi connectivity index (χ2n) is 5.38. The molecule has 5 heteroatoms. The molecule has 0 heterocycles. The average molecular weight is 276 g/mol. The smallest absolute Gasteiger partial charge is 0.307 e. The maximum atomic E-state index is 12.3. The third-order valence-electron chi connectivity index (χ3n) is 3.81. The minimum absolute atomic E-state index is 0.191. The van der Waals surface area contributed by atoms with E-state index < -0.39 is 17.8 Å². The Kier molecular flexibility index (Phi) is 4.27. The minimum Gasteiger partial charge on any atom is -0.481 e. The lowest BCUT2D eigenvalue weighted by molar-refractivity contribution is -0.145. The summed E-state index contributed by atoms with van der Waals surface area (Å²) in [6, 6.07) is 7.50. The second kappa shape index (κ2) is 5.94. The van der Waals surface area contributed by atoms with Gasteiger partial charge in [0.15, 0.2) is 0 Å². The number of carboxylic acids is 1. The van der Waals surface area contributed by atoms with Gasteiger partial charge in [-0.2, -0.15) is 0 Å². The quantitative estimate of drug-likeness (QED) is 0.884. The van der Waals surface area contributed by atoms with Crippen LogP contribution in [0.1, 0.15) is 19.3 Å². The number of carbonyl (C=O) groups is 2. The molecule has 2 atom stereocenters. The lowest BCUT2D eigenvalue weighted by atomic mass is 9.95. The van der Waals surface area contributed by atoms with Crippen LogP contribution >= 0.6 is 0 Å². The first kappa shape index (κ1) is 14.4. The first-order valence-electron chi connectivity index (χ1n) is 6.80. The Bertz CT molecular complexity index is 514. The molecular formula is C15H20N2O3. The van der Waals surface area contributed by atoms with E-state index in [1.54, 1.807) is 0 Å². The Morgan fingerprint density at radius 2 is 1.85 bits per heavy atom. The summed E-state index contributed by atoms with van der Waals surface area (Å²) in [6.45, 7) is 0. The van der Waals surface area contributed by atoms with E-state index in [4.69, 9.17) is 5.11 Å². The van der Waals surface area contributed by atoms with Gasteiger partial charge >= 0.3 is 5.97 Å². The number of nitrogens with one attached hydrogen (secondary N) is 1. The molecule has 0 spiro atoms. The molecule has 20 heavy (non-hydrogen) atoms. The van der Waals surface area contributed by atoms with Gasteiger partial charge in [-0.15, -0.1) is 0 Å². The van der Waals surface area contributed by atoms with E-state index in [0.717, 1.165) is 17.8 Å². The highest BCUT2D eigenvalue weighted by Gasteiger charge is 2.37. The van der Waals surface area contributed by atoms with Crippen molar-refractivity contribution in [3.05, 3.63) is 24.3 Å². The third-order valence-corrected chi connectivity index (χ3v) is 3.81. The fourth-order valence-electron chi connectivity index (χ4n) is 2.76. The van der Waals surface area contributed by atoms with Gasteiger partial charge in [0.25, 0.3) is 0 Å². The van der Waals surface area contributed by atoms with Gasteiger partial charge in [0.05, 0.1) is 23.2 Å². The summed E-state index contributed by atoms with van der Waals surface area (Å²) < 4.78 is 0. The van der Waals surface area contributed by atoms with E-state index in [9.17, 15) is 9.59 Å². The molecule has 108 valence electrons. The molecule has 2 rings (SSSR count). The van der Waals surface area contributed by atoms with E-state index in [1.165, 1.54) is 0 Å². The Morgan fingerprint density at radius 3 is 2.50 bits per heavy atom. The molecule has 1 aromatic rings. The van der Waals surface area contributed by atoms with Crippen molar-refractivity contribution in [1.29, 1.82) is 0 Å². The molecule has 1 aliphatic rings. The molecule has 0 unspecified atom stereocenters. The zero-order valence-corrected chi connectivity index (χ0v) is 11.8. The van der Waals surface area contributed by atoms with E-state index in [0.29, 0.717) is 12.8 Å². The Labute approximate surface area is 118 Å². The zero-order valence-electron chi connectivity index (χ0n) is 11.8. The third kappa shape index (κ3) is 2.92. The lowest BCUT2D eigenvalue weighted by Crippen LogP contribution is -2.30. The number of hydrogen-bond acceptors (Lipinski definition) is 3. The van der Waals surface area contributed by atoms with E-state index in [-0.39, 0.29) is 5.91 Å². The summed E-state index contributed by atoms with van der Waals surface area (Å²) in [7, 11) is 3.81. The molecular weight excluding hydrogens is 256 g/mol. The van der Waals surface area contributed by atoms with Gasteiger partial charge in [0, 0.05) is 14.1 Å². The summed E-state index contributed by atoms with van der Waals surface area (Å²) in [4.78, 5) is 25.4. The lowest BCUT2D eigenvalue weighted by Gasteiger charge is -2.20. The maximum Gasteiger partial charge on any atom is 0.307 e. The van der Waals surface area contributed by atoms with Crippen LogP contribution in [-0.4, -0.2) is 31.1 Å². The monoisotopic (exact) mass is 276 g/mol. The number of aliphatic carboxylic acids is 1. The first-order chi connectivity index (χ1) is 9.50. The molecule has 1 aliphatic carbocycles. The van der Waals surface area contributed by atoms with E-state index in [1.807, 2.05) is 43.3 Å². The topological polar surface area (TPSA) is 69.6 Å². The van der Waals surface area contributed by atoms with Gasteiger partial charge < -0.3 is 15.3 Å². The van der Waals surface area contributed by atoms with Crippen molar-refractivity contribution in [1.82, 2.24) is 0 Å². The molecule has 0 saturated heterocycles. The molecule has 2 N–H and O–H groups in total. The van der Waals surface area contributed by atoms with Crippen molar-refractivity contribution < 1.29 is 14.7 Å². The number of amides is 1. The number of anilines is 2. The maximum absolute atomic E-state index is 12.3. The fraction of sp³-hybridized carbons (Fsp3) is 0.467. The van der Waals surface area contributed by atoms with Gasteiger partial charge in [0.1, 0.15) is 0 Å². The number of nitrogens with zero attached hydrogens (tertiary/aromatic N) is 1. The van der Waals surface area contributed by atoms with Crippen LogP contribution < -0.4 is 10.2 Å². The molecule has 5 nitrogen and oxygen atoms in total. The number of rotatable bonds is 4. The van der Waals surface area contributed by atoms with E-state index >= 15 is 0 Å². The predicted molar refractivity (Wildman–Crippen MR) is 77.9 cm³/mol. The van der Waals surface area contributed by atoms with Crippen LogP contribution in [0.25, 0.3) is 0 Å². The second-order valence-corrected chi connectivity index (χ2v) is 5.38. The number of hydrogen-bond donors (Lipinski definition) is 2. The fourth-order valence-corrected chi connectivity index (χ4v) is 2.76. The van der Waals surface area contributed by atoms with Gasteiger partial charge in [-0.1, -0.05) is 18.6 Å². The highest BCUT2D eigenvalue weighted by Crippen LogP contribution is 2.33. The van der Waals surface area contributed by atoms with Crippen molar-refractivity contribution in [2.24, 2.45) is 11.8 Å². The SMILES string of the molecule is CN(C)c1ccccc1NC(=O)[C@@H]1CCC[C@@H]1C(=O)O. The van der Waals surface area contributed by atoms with Crippen LogP contribution in [0, 0.1) is 11.8 Å². The zero-order chi connectivity index (χ0) is 14.7. The average Bonchev–Trinajstić information content (AvgIpc) is 2.88. The van der Waals surface area contributed by atoms with Crippen molar-refractivity contribution >= 4 is 23.3 Å². The molecule has 0 bridgehead atoms. The van der Waals surface area contributed by atoms with Crippen LogP contribution in [-0.2, 0) is 9.59 Å². The van der Waals surface area contributed by atoms with Crippen LogP contribution in [0.15, 0.2) is 24.3 Å². The first-order valence-corrected chi connectivity index (χ1v) is 6.80. The van der Waals surface area contributed by atoms with Crippen LogP contribution in [0.3, 0.4) is 0 Å². The normalized spacial score (nSPS) is 21.5. The highest BCUT2D eigenvalue weighted by atomic mass is 16.4. The summed E-state index contributed by atoms with van der Waals surface area (Å²) >= 11 is 0. The molecule has 0 radical (unpaired) electrons. The summed E-state index contributed by atoms with van der Waals surface area (Å²) in [6.07, 6.45) is 2.03. The molecule has 0 aromatic heterocycles. The predicted octanol–water partition coefficient (Wildman–Crippen LogP) is 2.19. The molecule has 0 aliphatic heterocycles. The minimum atomic E-state index is -0.872. The standard InChI is InChI=1S/C15H20N2O3/c1-17(2)13-9-4-3-8-12(13)16-14(18)10-6-5-7-11(10)15(19)20/h3-4,8-11H,5-7H2,1-2H3,(H,16,18)(H,19,20)/t10-,11+/m1/s1. The number of carboxylic acid groups (broad SMARTS) is 1. The highest BCUT2D eigenvalue weighted by molar-refractivity contribution is 5.97.